The van der Waals surface area contributed by atoms with Gasteiger partial charge in [0.05, 0.1) is 0 Å². The molecule has 0 bridgehead atoms. The van der Waals surface area contributed by atoms with E-state index in [1.54, 1.807) is 13.3 Å². The molecule has 0 aromatic heterocycles. The Balaban J connectivity index is 4.76. The van der Waals surface area contributed by atoms with E-state index in [0.29, 0.717) is 5.04 Å². The SMILES string of the molecule is CCC[CH2][Sn]([CH]=CCCO[Si](C)(C)C(C)(C)C)([CH2]CCC)[CH2]CCC. The van der Waals surface area contributed by atoms with E-state index in [1.165, 1.54) is 38.5 Å². The predicted molar refractivity (Wildman–Crippen MR) is 122 cm³/mol. The molecule has 3 heteroatoms. The van der Waals surface area contributed by atoms with E-state index in [4.69, 9.17) is 4.43 Å². The van der Waals surface area contributed by atoms with Gasteiger partial charge in [0.15, 0.2) is 0 Å². The molecule has 0 aromatic rings. The van der Waals surface area contributed by atoms with E-state index >= 15 is 0 Å². The molecule has 0 amide bonds. The van der Waals surface area contributed by atoms with Gasteiger partial charge in [0, 0.05) is 0 Å². The van der Waals surface area contributed by atoms with Crippen molar-refractivity contribution in [1.29, 1.82) is 0 Å². The van der Waals surface area contributed by atoms with Crippen LogP contribution < -0.4 is 0 Å². The van der Waals surface area contributed by atoms with Gasteiger partial charge in [0.25, 0.3) is 0 Å². The Bertz CT molecular complexity index is 336. The fourth-order valence-electron chi connectivity index (χ4n) is 3.14. The molecule has 0 spiro atoms. The van der Waals surface area contributed by atoms with Crippen LogP contribution in [0.25, 0.3) is 0 Å². The topological polar surface area (TPSA) is 9.23 Å². The van der Waals surface area contributed by atoms with Crippen LogP contribution in [0.4, 0.5) is 0 Å². The van der Waals surface area contributed by atoms with Gasteiger partial charge in [-0.1, -0.05) is 0 Å². The van der Waals surface area contributed by atoms with Gasteiger partial charge in [-0.15, -0.1) is 0 Å². The van der Waals surface area contributed by atoms with Crippen LogP contribution in [0.15, 0.2) is 10.2 Å². The van der Waals surface area contributed by atoms with Gasteiger partial charge < -0.3 is 0 Å². The molecular weight excluding hydrogens is 427 g/mol. The number of unbranched alkanes of at least 4 members (excludes halogenated alkanes) is 3. The molecule has 0 aliphatic carbocycles. The second-order valence-corrected chi connectivity index (χ2v) is 27.3. The summed E-state index contributed by atoms with van der Waals surface area (Å²) in [4.78, 5) is 0. The first-order chi connectivity index (χ1) is 11.6. The second-order valence-electron chi connectivity index (χ2n) is 9.47. The standard InChI is InChI=1S/C10H21OSi.3C4H9.Sn/c1-7-8-9-11-12(5,6)10(2,3)4;3*1-3-4-2;/h1,7H,8-9H2,2-6H3;3*1,3-4H2,2H3;. The van der Waals surface area contributed by atoms with E-state index in [1.807, 2.05) is 0 Å². The molecule has 0 N–H and O–H groups in total. The van der Waals surface area contributed by atoms with Crippen LogP contribution in [-0.4, -0.2) is 33.3 Å². The Morgan fingerprint density at radius 2 is 1.28 bits per heavy atom. The maximum atomic E-state index is 6.36. The summed E-state index contributed by atoms with van der Waals surface area (Å²) in [5, 5.41) is 0.323. The van der Waals surface area contributed by atoms with Crippen LogP contribution >= 0.6 is 0 Å². The molecule has 0 atom stereocenters. The summed E-state index contributed by atoms with van der Waals surface area (Å²) in [7, 11) is -1.58. The Morgan fingerprint density at radius 3 is 1.64 bits per heavy atom. The molecular formula is C22H48OSiSn. The predicted octanol–water partition coefficient (Wildman–Crippen LogP) is 8.34. The van der Waals surface area contributed by atoms with Crippen LogP contribution in [0.5, 0.6) is 0 Å². The molecule has 0 aliphatic rings. The van der Waals surface area contributed by atoms with Gasteiger partial charge in [-0.25, -0.2) is 0 Å². The monoisotopic (exact) mass is 476 g/mol. The zero-order valence-electron chi connectivity index (χ0n) is 18.8. The van der Waals surface area contributed by atoms with Gasteiger partial charge in [-0.3, -0.25) is 0 Å². The molecule has 0 unspecified atom stereocenters. The molecule has 0 saturated carbocycles. The molecule has 0 aromatic carbocycles. The van der Waals surface area contributed by atoms with Gasteiger partial charge in [-0.2, -0.15) is 0 Å². The molecule has 1 nitrogen and oxygen atoms in total. The van der Waals surface area contributed by atoms with Crippen molar-refractivity contribution in [1.82, 2.24) is 0 Å². The van der Waals surface area contributed by atoms with Crippen molar-refractivity contribution < 1.29 is 4.43 Å². The van der Waals surface area contributed by atoms with Crippen molar-refractivity contribution in [2.75, 3.05) is 6.61 Å². The summed E-state index contributed by atoms with van der Waals surface area (Å²) in [5.41, 5.74) is 0. The molecule has 25 heavy (non-hydrogen) atoms. The van der Waals surface area contributed by atoms with Crippen LogP contribution in [0.3, 0.4) is 0 Å². The molecule has 0 saturated heterocycles. The van der Waals surface area contributed by atoms with Crippen molar-refractivity contribution in [3.05, 3.63) is 10.2 Å². The Labute approximate surface area is 165 Å². The fourth-order valence-corrected chi connectivity index (χ4v) is 18.7. The van der Waals surface area contributed by atoms with Gasteiger partial charge in [0.2, 0.25) is 0 Å². The maximum absolute atomic E-state index is 6.36. The Hall–Kier alpha value is 0.716. The minimum absolute atomic E-state index is 0.323. The zero-order valence-corrected chi connectivity index (χ0v) is 22.7. The van der Waals surface area contributed by atoms with Crippen molar-refractivity contribution >= 4 is 26.7 Å². The summed E-state index contributed by atoms with van der Waals surface area (Å²) in [6.07, 6.45) is 12.1. The van der Waals surface area contributed by atoms with Crippen molar-refractivity contribution in [2.24, 2.45) is 0 Å². The van der Waals surface area contributed by atoms with E-state index in [9.17, 15) is 0 Å². The number of hydrogen-bond acceptors (Lipinski definition) is 1. The molecule has 0 heterocycles. The third-order valence-electron chi connectivity index (χ3n) is 6.11. The summed E-state index contributed by atoms with van der Waals surface area (Å²) < 4.78 is 13.9. The third kappa shape index (κ3) is 10.6. The van der Waals surface area contributed by atoms with Crippen LogP contribution in [0.2, 0.25) is 31.4 Å². The molecule has 0 radical (unpaired) electrons. The molecule has 0 fully saturated rings. The molecule has 0 aliphatic heterocycles. The van der Waals surface area contributed by atoms with Crippen LogP contribution in [0, 0.1) is 0 Å². The zero-order chi connectivity index (χ0) is 19.4. The summed E-state index contributed by atoms with van der Waals surface area (Å²) in [6.45, 7) is 19.7. The summed E-state index contributed by atoms with van der Waals surface area (Å²) in [5.74, 6) is 0. The average molecular weight is 475 g/mol. The number of rotatable bonds is 14. The second kappa shape index (κ2) is 13.0. The van der Waals surface area contributed by atoms with E-state index in [0.717, 1.165) is 13.0 Å². The van der Waals surface area contributed by atoms with E-state index in [2.05, 4.69) is 64.8 Å². The van der Waals surface area contributed by atoms with Gasteiger partial charge in [-0.05, 0) is 0 Å². The molecule has 150 valence electrons. The normalized spacial score (nSPS) is 13.8. The fraction of sp³-hybridized carbons (Fsp3) is 0.909. The quantitative estimate of drug-likeness (QED) is 0.181. The van der Waals surface area contributed by atoms with Crippen LogP contribution in [0.1, 0.15) is 86.5 Å². The molecule has 0 rings (SSSR count). The van der Waals surface area contributed by atoms with Gasteiger partial charge >= 0.3 is 166 Å². The number of hydrogen-bond donors (Lipinski definition) is 0. The van der Waals surface area contributed by atoms with E-state index in [-0.39, 0.29) is 0 Å². The minimum atomic E-state index is -2.07. The van der Waals surface area contributed by atoms with Gasteiger partial charge in [0.1, 0.15) is 0 Å². The van der Waals surface area contributed by atoms with E-state index < -0.39 is 26.7 Å². The average Bonchev–Trinajstić information content (AvgIpc) is 2.54. The van der Waals surface area contributed by atoms with Crippen molar-refractivity contribution in [2.45, 2.75) is 118 Å². The Kier molecular flexibility index (Phi) is 13.4. The van der Waals surface area contributed by atoms with Crippen molar-refractivity contribution in [3.8, 4) is 0 Å². The summed E-state index contributed by atoms with van der Waals surface area (Å²) in [6, 6.07) is 0. The summed E-state index contributed by atoms with van der Waals surface area (Å²) >= 11 is -2.07. The Morgan fingerprint density at radius 1 is 0.840 bits per heavy atom. The third-order valence-corrected chi connectivity index (χ3v) is 24.9. The first kappa shape index (κ1) is 25.7. The first-order valence-electron chi connectivity index (χ1n) is 11.0. The van der Waals surface area contributed by atoms with Crippen LogP contribution in [-0.2, 0) is 4.43 Å². The first-order valence-corrected chi connectivity index (χ1v) is 21.6. The van der Waals surface area contributed by atoms with Crippen molar-refractivity contribution in [3.63, 3.8) is 0 Å².